The Bertz CT molecular complexity index is 2060. The molecule has 0 N–H and O–H groups in total. The number of benzene rings is 3. The molecule has 6 aliphatic rings. The van der Waals surface area contributed by atoms with E-state index >= 15 is 0 Å². The Morgan fingerprint density at radius 1 is 0.441 bits per heavy atom. The van der Waals surface area contributed by atoms with Gasteiger partial charge in [-0.05, 0) is 24.0 Å². The maximum Gasteiger partial charge on any atom is 0.244 e. The third kappa shape index (κ3) is 9.78. The summed E-state index contributed by atoms with van der Waals surface area (Å²) in [6, 6.07) is 29.0. The van der Waals surface area contributed by atoms with E-state index in [4.69, 9.17) is 0 Å². The molecular formula is C51H74N8+6. The van der Waals surface area contributed by atoms with Crippen LogP contribution in [0.2, 0.25) is 0 Å². The van der Waals surface area contributed by atoms with Crippen LogP contribution in [-0.2, 0) is 52.9 Å². The monoisotopic (exact) mass is 799 g/mol. The van der Waals surface area contributed by atoms with E-state index in [9.17, 15) is 0 Å². The quantitative estimate of drug-likeness (QED) is 0.0511. The van der Waals surface area contributed by atoms with Crippen molar-refractivity contribution in [3.05, 3.63) is 144 Å². The van der Waals surface area contributed by atoms with Gasteiger partial charge >= 0.3 is 0 Å². The second-order valence-corrected chi connectivity index (χ2v) is 20.0. The summed E-state index contributed by atoms with van der Waals surface area (Å²) in [6.07, 6.45) is 21.3. The molecule has 11 rings (SSSR count). The van der Waals surface area contributed by atoms with Gasteiger partial charge in [0.2, 0.25) is 12.7 Å². The van der Waals surface area contributed by atoms with E-state index < -0.39 is 0 Å². The molecule has 5 aromatic rings. The van der Waals surface area contributed by atoms with Crippen molar-refractivity contribution in [2.24, 2.45) is 7.05 Å². The average molecular weight is 799 g/mol. The van der Waals surface area contributed by atoms with Gasteiger partial charge in [-0.3, -0.25) is 0 Å². The molecule has 0 aliphatic carbocycles. The Balaban J connectivity index is 0.708. The molecule has 3 aromatic carbocycles. The fourth-order valence-electron chi connectivity index (χ4n) is 11.4. The zero-order chi connectivity index (χ0) is 40.2. The number of quaternary nitrogens is 4. The van der Waals surface area contributed by atoms with Gasteiger partial charge in [-0.25, -0.2) is 18.3 Å². The molecule has 0 radical (unpaired) electrons. The first-order valence-corrected chi connectivity index (χ1v) is 23.5. The first-order chi connectivity index (χ1) is 28.8. The van der Waals surface area contributed by atoms with Gasteiger partial charge < -0.3 is 17.9 Å². The number of aryl methyl sites for hydroxylation is 2. The van der Waals surface area contributed by atoms with E-state index in [-0.39, 0.29) is 0 Å². The van der Waals surface area contributed by atoms with Crippen LogP contribution in [0.5, 0.6) is 0 Å². The lowest BCUT2D eigenvalue weighted by Gasteiger charge is -2.56. The molecule has 8 heterocycles. The van der Waals surface area contributed by atoms with Gasteiger partial charge in [0.1, 0.15) is 143 Å². The Kier molecular flexibility index (Phi) is 12.0. The molecule has 6 aliphatic heterocycles. The third-order valence-electron chi connectivity index (χ3n) is 15.5. The van der Waals surface area contributed by atoms with E-state index in [1.54, 1.807) is 11.1 Å². The number of hydrogen-bond donors (Lipinski definition) is 0. The van der Waals surface area contributed by atoms with Crippen LogP contribution in [0.4, 0.5) is 0 Å². The minimum absolute atomic E-state index is 0.939. The van der Waals surface area contributed by atoms with Crippen LogP contribution in [0.25, 0.3) is 0 Å². The molecule has 312 valence electrons. The van der Waals surface area contributed by atoms with Gasteiger partial charge in [-0.15, -0.1) is 0 Å². The normalized spacial score (nSPS) is 26.1. The summed E-state index contributed by atoms with van der Waals surface area (Å²) in [6.45, 7) is 26.0. The standard InChI is InChI=1S/C51H74N8/c1-3-4-5-6-7-8-21-53-24-25-55(45-53)39-47-11-15-49(16-12-47)41-57-29-35-59(36-30-57,37-31-57)43-51-19-17-50(18-20-51)42-58-32-26-56(27-33-58,28-34-58)40-48-13-9-46(10-14-48)38-54-23-22-52(2)44-54/h9-20,22-25,44-45H,3-8,21,26-43H2,1-2H3/q+6. The van der Waals surface area contributed by atoms with Crippen molar-refractivity contribution in [1.29, 1.82) is 0 Å². The first-order valence-electron chi connectivity index (χ1n) is 23.5. The molecule has 0 amide bonds. The fraction of sp³-hybridized carbons (Fsp3) is 0.529. The summed E-state index contributed by atoms with van der Waals surface area (Å²) < 4.78 is 14.2. The lowest BCUT2D eigenvalue weighted by molar-refractivity contribution is -1.09. The average Bonchev–Trinajstić information content (AvgIpc) is 3.90. The minimum atomic E-state index is 0.939. The fourth-order valence-corrected chi connectivity index (χ4v) is 11.4. The van der Waals surface area contributed by atoms with Gasteiger partial charge in [-0.2, -0.15) is 0 Å². The highest BCUT2D eigenvalue weighted by Crippen LogP contribution is 2.33. The van der Waals surface area contributed by atoms with E-state index in [1.165, 1.54) is 183 Å². The number of piperazine rings is 6. The number of imidazole rings is 2. The number of hydrogen-bond acceptors (Lipinski definition) is 0. The van der Waals surface area contributed by atoms with Crippen molar-refractivity contribution >= 4 is 0 Å². The maximum atomic E-state index is 2.49. The molecule has 2 aromatic heterocycles. The van der Waals surface area contributed by atoms with Crippen LogP contribution in [-0.4, -0.2) is 106 Å². The Labute approximate surface area is 355 Å². The number of fused-ring (bicyclic) bond motifs is 6. The molecule has 4 bridgehead atoms. The maximum absolute atomic E-state index is 2.49. The molecule has 0 unspecified atom stereocenters. The van der Waals surface area contributed by atoms with Gasteiger partial charge in [0.15, 0.2) is 0 Å². The highest BCUT2D eigenvalue weighted by atomic mass is 15.5. The zero-order valence-corrected chi connectivity index (χ0v) is 36.6. The molecule has 0 spiro atoms. The molecular weight excluding hydrogens is 725 g/mol. The van der Waals surface area contributed by atoms with E-state index in [0.717, 1.165) is 19.6 Å². The number of unbranched alkanes of at least 4 members (excludes halogenated alkanes) is 5. The van der Waals surface area contributed by atoms with Crippen LogP contribution in [0.3, 0.4) is 0 Å². The van der Waals surface area contributed by atoms with Crippen LogP contribution < -0.4 is 9.13 Å². The predicted octanol–water partition coefficient (Wildman–Crippen LogP) is 6.58. The van der Waals surface area contributed by atoms with Gasteiger partial charge in [-0.1, -0.05) is 105 Å². The summed E-state index contributed by atoms with van der Waals surface area (Å²) in [5, 5.41) is 0. The summed E-state index contributed by atoms with van der Waals surface area (Å²) in [7, 11) is 2.08. The van der Waals surface area contributed by atoms with E-state index in [1.807, 2.05) is 0 Å². The Morgan fingerprint density at radius 2 is 0.831 bits per heavy atom. The Morgan fingerprint density at radius 3 is 1.25 bits per heavy atom. The lowest BCUT2D eigenvalue weighted by atomic mass is 10.0. The van der Waals surface area contributed by atoms with Crippen molar-refractivity contribution in [3.63, 3.8) is 0 Å². The minimum Gasteiger partial charge on any atom is -0.306 e. The second-order valence-electron chi connectivity index (χ2n) is 20.0. The lowest BCUT2D eigenvalue weighted by Crippen LogP contribution is -2.74. The second kappa shape index (κ2) is 17.5. The van der Waals surface area contributed by atoms with Crippen molar-refractivity contribution in [1.82, 2.24) is 9.13 Å². The largest absolute Gasteiger partial charge is 0.306 e. The van der Waals surface area contributed by atoms with Crippen molar-refractivity contribution in [3.8, 4) is 0 Å². The van der Waals surface area contributed by atoms with E-state index in [0.29, 0.717) is 0 Å². The van der Waals surface area contributed by atoms with Gasteiger partial charge in [0.25, 0.3) is 0 Å². The molecule has 59 heavy (non-hydrogen) atoms. The number of aromatic nitrogens is 4. The van der Waals surface area contributed by atoms with Crippen LogP contribution in [0.1, 0.15) is 78.8 Å². The molecule has 6 saturated heterocycles. The highest BCUT2D eigenvalue weighted by Gasteiger charge is 2.50. The summed E-state index contributed by atoms with van der Waals surface area (Å²) >= 11 is 0. The SMILES string of the molecule is CCCCCCCCn1cc[n+](Cc2ccc(C[N+]34CC[N+](Cc5ccc(C[N+]67CC[N+](Cc8ccc(Cn9cc[n+](C)c9)cc8)(CC6)CC7)cc5)(CC3)CC4)cc2)c1. The zero-order valence-electron chi connectivity index (χ0n) is 36.6. The highest BCUT2D eigenvalue weighted by molar-refractivity contribution is 5.24. The number of nitrogens with zero attached hydrogens (tertiary/aromatic N) is 8. The van der Waals surface area contributed by atoms with Gasteiger partial charge in [0.05, 0.1) is 13.6 Å². The third-order valence-corrected chi connectivity index (χ3v) is 15.5. The number of rotatable bonds is 19. The van der Waals surface area contributed by atoms with Crippen molar-refractivity contribution in [2.75, 3.05) is 78.5 Å². The predicted molar refractivity (Wildman–Crippen MR) is 235 cm³/mol. The topological polar surface area (TPSA) is 17.6 Å². The van der Waals surface area contributed by atoms with E-state index in [2.05, 4.69) is 142 Å². The first kappa shape index (κ1) is 40.3. The van der Waals surface area contributed by atoms with Crippen molar-refractivity contribution in [2.45, 2.75) is 91.3 Å². The summed E-state index contributed by atoms with van der Waals surface area (Å²) in [5.41, 5.74) is 8.89. The molecule has 6 fully saturated rings. The molecule has 8 nitrogen and oxygen atoms in total. The van der Waals surface area contributed by atoms with Crippen molar-refractivity contribution < 1.29 is 27.1 Å². The molecule has 0 saturated carbocycles. The molecule has 0 atom stereocenters. The van der Waals surface area contributed by atoms with Crippen LogP contribution in [0.15, 0.2) is 110 Å². The van der Waals surface area contributed by atoms with Gasteiger partial charge in [0, 0.05) is 22.3 Å². The smallest absolute Gasteiger partial charge is 0.244 e. The van der Waals surface area contributed by atoms with Crippen LogP contribution in [0, 0.1) is 0 Å². The summed E-state index contributed by atoms with van der Waals surface area (Å²) in [4.78, 5) is 0. The summed E-state index contributed by atoms with van der Waals surface area (Å²) in [5.74, 6) is 0. The molecule has 8 heteroatoms. The van der Waals surface area contributed by atoms with Crippen LogP contribution >= 0.6 is 0 Å². The Hall–Kier alpha value is -4.08.